The molecule has 0 aliphatic carbocycles. The van der Waals surface area contributed by atoms with Crippen LogP contribution >= 0.6 is 0 Å². The van der Waals surface area contributed by atoms with Gasteiger partial charge in [-0.15, -0.1) is 0 Å². The van der Waals surface area contributed by atoms with Gasteiger partial charge in [-0.25, -0.2) is 0 Å². The van der Waals surface area contributed by atoms with E-state index in [1.807, 2.05) is 36.4 Å². The number of para-hydroxylation sites is 1. The Hall–Kier alpha value is -2.00. The highest BCUT2D eigenvalue weighted by Gasteiger charge is 2.44. The van der Waals surface area contributed by atoms with Crippen molar-refractivity contribution < 1.29 is 29.9 Å². The maximum Gasteiger partial charge on any atom is 0.229 e. The third kappa shape index (κ3) is 4.47. The first-order valence-electron chi connectivity index (χ1n) is 8.86. The molecule has 7 heteroatoms. The van der Waals surface area contributed by atoms with E-state index in [-0.39, 0.29) is 0 Å². The average Bonchev–Trinajstić information content (AvgIpc) is 2.70. The molecule has 0 saturated carbocycles. The molecule has 3 rings (SSSR count). The first kappa shape index (κ1) is 19.8. The molecule has 1 aliphatic heterocycles. The van der Waals surface area contributed by atoms with Crippen LogP contribution in [0.2, 0.25) is 0 Å². The Morgan fingerprint density at radius 3 is 2.22 bits per heavy atom. The third-order valence-electron chi connectivity index (χ3n) is 4.72. The minimum Gasteiger partial charge on any atom is -0.462 e. The molecule has 0 radical (unpaired) electrons. The molecule has 27 heavy (non-hydrogen) atoms. The fourth-order valence-electron chi connectivity index (χ4n) is 3.07. The molecule has 1 aliphatic rings. The Balaban J connectivity index is 1.77. The second kappa shape index (κ2) is 8.79. The summed E-state index contributed by atoms with van der Waals surface area (Å²) in [4.78, 5) is 0. The van der Waals surface area contributed by atoms with E-state index in [0.717, 1.165) is 16.7 Å². The molecule has 2 aromatic carbocycles. The topological polar surface area (TPSA) is 125 Å². The second-order valence-electron chi connectivity index (χ2n) is 6.62. The summed E-state index contributed by atoms with van der Waals surface area (Å²) in [5.41, 5.74) is 8.61. The van der Waals surface area contributed by atoms with Crippen LogP contribution in [-0.2, 0) is 17.7 Å². The van der Waals surface area contributed by atoms with Crippen LogP contribution in [0, 0.1) is 0 Å². The van der Waals surface area contributed by atoms with E-state index in [4.69, 9.17) is 15.2 Å². The lowest BCUT2D eigenvalue weighted by Crippen LogP contribution is -2.60. The maximum atomic E-state index is 10.2. The Bertz CT molecular complexity index is 736. The van der Waals surface area contributed by atoms with E-state index in [1.54, 1.807) is 12.1 Å². The van der Waals surface area contributed by atoms with Crippen molar-refractivity contribution in [2.75, 3.05) is 6.61 Å². The van der Waals surface area contributed by atoms with Gasteiger partial charge in [-0.05, 0) is 22.8 Å². The first-order valence-corrected chi connectivity index (χ1v) is 8.86. The molecule has 0 unspecified atom stereocenters. The molecule has 0 amide bonds. The molecule has 2 aromatic rings. The monoisotopic (exact) mass is 375 g/mol. The van der Waals surface area contributed by atoms with Gasteiger partial charge in [-0.3, -0.25) is 0 Å². The fraction of sp³-hybridized carbons (Fsp3) is 0.400. The van der Waals surface area contributed by atoms with E-state index in [1.165, 1.54) is 0 Å². The van der Waals surface area contributed by atoms with Crippen LogP contribution in [0.3, 0.4) is 0 Å². The van der Waals surface area contributed by atoms with Gasteiger partial charge >= 0.3 is 0 Å². The van der Waals surface area contributed by atoms with Gasteiger partial charge in [0.1, 0.15) is 30.2 Å². The predicted molar refractivity (Wildman–Crippen MR) is 98.0 cm³/mol. The quantitative estimate of drug-likeness (QED) is 0.478. The molecule has 6 N–H and O–H groups in total. The lowest BCUT2D eigenvalue weighted by molar-refractivity contribution is -0.277. The van der Waals surface area contributed by atoms with Crippen molar-refractivity contribution >= 4 is 0 Å². The van der Waals surface area contributed by atoms with Crippen LogP contribution in [0.25, 0.3) is 0 Å². The van der Waals surface area contributed by atoms with Crippen molar-refractivity contribution in [1.29, 1.82) is 0 Å². The Morgan fingerprint density at radius 1 is 0.889 bits per heavy atom. The molecule has 146 valence electrons. The van der Waals surface area contributed by atoms with Gasteiger partial charge < -0.3 is 35.6 Å². The predicted octanol–water partition coefficient (Wildman–Crippen LogP) is -0.0852. The van der Waals surface area contributed by atoms with Gasteiger partial charge in [0.05, 0.1) is 6.61 Å². The summed E-state index contributed by atoms with van der Waals surface area (Å²) in [6.45, 7) is -0.0168. The number of hydrogen-bond donors (Lipinski definition) is 5. The van der Waals surface area contributed by atoms with Crippen LogP contribution in [0.5, 0.6) is 5.75 Å². The molecule has 0 bridgehead atoms. The number of nitrogens with two attached hydrogens (primary N) is 1. The van der Waals surface area contributed by atoms with Crippen LogP contribution in [0.15, 0.2) is 48.5 Å². The zero-order valence-corrected chi connectivity index (χ0v) is 14.8. The standard InChI is InChI=1S/C20H25NO6/c21-10-13-7-5-12(6-8-13)9-14-3-1-2-4-15(14)26-20-19(25)18(24)17(23)16(11-22)27-20/h1-8,16-20,22-25H,9-11,21H2/t16-,17-,18+,19-,20-/m1/s1. The van der Waals surface area contributed by atoms with Crippen LogP contribution in [0.4, 0.5) is 0 Å². The highest BCUT2D eigenvalue weighted by molar-refractivity contribution is 5.38. The lowest BCUT2D eigenvalue weighted by Gasteiger charge is -2.39. The zero-order valence-electron chi connectivity index (χ0n) is 14.8. The van der Waals surface area contributed by atoms with E-state index >= 15 is 0 Å². The Kier molecular flexibility index (Phi) is 6.43. The zero-order chi connectivity index (χ0) is 19.4. The molecule has 1 heterocycles. The molecule has 0 spiro atoms. The molecule has 1 saturated heterocycles. The van der Waals surface area contributed by atoms with Gasteiger partial charge in [0.2, 0.25) is 6.29 Å². The summed E-state index contributed by atoms with van der Waals surface area (Å²) < 4.78 is 11.2. The van der Waals surface area contributed by atoms with Gasteiger partial charge in [0, 0.05) is 13.0 Å². The first-order chi connectivity index (χ1) is 13.0. The van der Waals surface area contributed by atoms with Crippen LogP contribution < -0.4 is 10.5 Å². The minimum atomic E-state index is -1.48. The summed E-state index contributed by atoms with van der Waals surface area (Å²) >= 11 is 0. The number of rotatable bonds is 6. The number of hydrogen-bond acceptors (Lipinski definition) is 7. The largest absolute Gasteiger partial charge is 0.462 e. The van der Waals surface area contributed by atoms with Gasteiger partial charge in [0.25, 0.3) is 0 Å². The van der Waals surface area contributed by atoms with Crippen molar-refractivity contribution in [3.63, 3.8) is 0 Å². The third-order valence-corrected chi connectivity index (χ3v) is 4.72. The van der Waals surface area contributed by atoms with Crippen molar-refractivity contribution in [2.24, 2.45) is 5.73 Å². The van der Waals surface area contributed by atoms with Gasteiger partial charge in [-0.2, -0.15) is 0 Å². The SMILES string of the molecule is NCc1ccc(Cc2ccccc2O[C@@H]2O[C@H](CO)[C@@H](O)[C@H](O)[C@H]2O)cc1. The van der Waals surface area contributed by atoms with Crippen molar-refractivity contribution in [1.82, 2.24) is 0 Å². The van der Waals surface area contributed by atoms with E-state index < -0.39 is 37.3 Å². The lowest BCUT2D eigenvalue weighted by atomic mass is 9.99. The number of aliphatic hydroxyl groups excluding tert-OH is 4. The fourth-order valence-corrected chi connectivity index (χ4v) is 3.07. The van der Waals surface area contributed by atoms with E-state index in [2.05, 4.69) is 0 Å². The molecule has 7 nitrogen and oxygen atoms in total. The summed E-state index contributed by atoms with van der Waals surface area (Å²) in [5, 5.41) is 39.3. The van der Waals surface area contributed by atoms with Crippen LogP contribution in [0.1, 0.15) is 16.7 Å². The molecule has 1 fully saturated rings. The second-order valence-corrected chi connectivity index (χ2v) is 6.62. The van der Waals surface area contributed by atoms with Gasteiger partial charge in [-0.1, -0.05) is 42.5 Å². The molecular formula is C20H25NO6. The van der Waals surface area contributed by atoms with E-state index in [0.29, 0.717) is 18.7 Å². The molecule has 0 aromatic heterocycles. The summed E-state index contributed by atoms with van der Waals surface area (Å²) in [7, 11) is 0. The number of aliphatic hydroxyl groups is 4. The Labute approximate surface area is 157 Å². The van der Waals surface area contributed by atoms with Crippen molar-refractivity contribution in [2.45, 2.75) is 43.7 Å². The van der Waals surface area contributed by atoms with Crippen LogP contribution in [-0.4, -0.2) is 57.7 Å². The number of benzene rings is 2. The van der Waals surface area contributed by atoms with E-state index in [9.17, 15) is 20.4 Å². The van der Waals surface area contributed by atoms with Crippen molar-refractivity contribution in [3.05, 3.63) is 65.2 Å². The summed E-state index contributed by atoms with van der Waals surface area (Å²) in [6.07, 6.45) is -5.96. The highest BCUT2D eigenvalue weighted by Crippen LogP contribution is 2.27. The molecular weight excluding hydrogens is 350 g/mol. The summed E-state index contributed by atoms with van der Waals surface area (Å²) in [5.74, 6) is 0.490. The molecule has 5 atom stereocenters. The minimum absolute atomic E-state index is 0.483. The Morgan fingerprint density at radius 2 is 1.56 bits per heavy atom. The summed E-state index contributed by atoms with van der Waals surface area (Å²) in [6, 6.07) is 15.2. The smallest absolute Gasteiger partial charge is 0.229 e. The number of ether oxygens (including phenoxy) is 2. The van der Waals surface area contributed by atoms with Gasteiger partial charge in [0.15, 0.2) is 0 Å². The highest BCUT2D eigenvalue weighted by atomic mass is 16.7. The average molecular weight is 375 g/mol. The normalized spacial score (nSPS) is 28.1. The van der Waals surface area contributed by atoms with Crippen molar-refractivity contribution in [3.8, 4) is 5.75 Å². The maximum absolute atomic E-state index is 10.2.